The van der Waals surface area contributed by atoms with Gasteiger partial charge in [0.1, 0.15) is 0 Å². The van der Waals surface area contributed by atoms with Gasteiger partial charge in [0.15, 0.2) is 0 Å². The monoisotopic (exact) mass is 210 g/mol. The van der Waals surface area contributed by atoms with E-state index in [1.54, 1.807) is 0 Å². The number of nitrogens with one attached hydrogen (secondary N) is 1. The van der Waals surface area contributed by atoms with Gasteiger partial charge in [-0.1, -0.05) is 6.08 Å². The number of rotatable bonds is 7. The van der Waals surface area contributed by atoms with Crippen molar-refractivity contribution in [1.82, 2.24) is 10.2 Å². The minimum Gasteiger partial charge on any atom is -0.343 e. The Labute approximate surface area is 92.5 Å². The van der Waals surface area contributed by atoms with Gasteiger partial charge in [-0.2, -0.15) is 0 Å². The van der Waals surface area contributed by atoms with Crippen LogP contribution in [-0.4, -0.2) is 37.0 Å². The molecule has 86 valence electrons. The number of hydrogen-bond acceptors (Lipinski definition) is 2. The molecular weight excluding hydrogens is 188 g/mol. The minimum absolute atomic E-state index is 0.309. The maximum atomic E-state index is 11.6. The molecule has 1 fully saturated rings. The van der Waals surface area contributed by atoms with Gasteiger partial charge in [-0.3, -0.25) is 4.79 Å². The van der Waals surface area contributed by atoms with Crippen molar-refractivity contribution < 1.29 is 4.79 Å². The molecule has 0 radical (unpaired) electrons. The lowest BCUT2D eigenvalue weighted by molar-refractivity contribution is -0.130. The molecule has 1 rings (SSSR count). The normalized spacial score (nSPS) is 15.6. The van der Waals surface area contributed by atoms with E-state index in [9.17, 15) is 4.79 Å². The Morgan fingerprint density at radius 3 is 2.73 bits per heavy atom. The van der Waals surface area contributed by atoms with Gasteiger partial charge in [0, 0.05) is 26.1 Å². The number of nitrogens with zero attached hydrogens (tertiary/aromatic N) is 1. The van der Waals surface area contributed by atoms with Crippen molar-refractivity contribution in [2.75, 3.05) is 26.2 Å². The number of hydrogen-bond donors (Lipinski definition) is 1. The first kappa shape index (κ1) is 12.2. The Hall–Kier alpha value is -0.830. The van der Waals surface area contributed by atoms with Crippen LogP contribution in [0.3, 0.4) is 0 Å². The molecule has 0 aromatic carbocycles. The first-order valence-corrected chi connectivity index (χ1v) is 5.94. The summed E-state index contributed by atoms with van der Waals surface area (Å²) in [6.07, 6.45) is 7.09. The molecule has 1 saturated heterocycles. The molecule has 3 nitrogen and oxygen atoms in total. The van der Waals surface area contributed by atoms with Crippen molar-refractivity contribution >= 4 is 5.91 Å². The first-order chi connectivity index (χ1) is 7.34. The zero-order valence-corrected chi connectivity index (χ0v) is 9.50. The molecule has 1 aliphatic heterocycles. The standard InChI is InChI=1S/C12H22N2O/c1-2-3-4-8-13-9-7-12(15)14-10-5-6-11-14/h2,13H,1,3-11H2. The number of allylic oxidation sites excluding steroid dienone is 1. The maximum absolute atomic E-state index is 11.6. The van der Waals surface area contributed by atoms with E-state index in [0.29, 0.717) is 12.3 Å². The van der Waals surface area contributed by atoms with E-state index in [1.807, 2.05) is 11.0 Å². The summed E-state index contributed by atoms with van der Waals surface area (Å²) in [6, 6.07) is 0. The van der Waals surface area contributed by atoms with Gasteiger partial charge in [0.25, 0.3) is 0 Å². The molecule has 15 heavy (non-hydrogen) atoms. The molecule has 0 saturated carbocycles. The summed E-state index contributed by atoms with van der Waals surface area (Å²) in [5.74, 6) is 0.309. The van der Waals surface area contributed by atoms with E-state index < -0.39 is 0 Å². The molecule has 0 unspecified atom stereocenters. The van der Waals surface area contributed by atoms with Gasteiger partial charge in [0.2, 0.25) is 5.91 Å². The van der Waals surface area contributed by atoms with Crippen molar-refractivity contribution in [2.24, 2.45) is 0 Å². The molecule has 3 heteroatoms. The number of amides is 1. The fourth-order valence-corrected chi connectivity index (χ4v) is 1.82. The Morgan fingerprint density at radius 1 is 1.33 bits per heavy atom. The second-order valence-electron chi connectivity index (χ2n) is 4.02. The third-order valence-corrected chi connectivity index (χ3v) is 2.74. The highest BCUT2D eigenvalue weighted by atomic mass is 16.2. The van der Waals surface area contributed by atoms with Crippen LogP contribution in [0.1, 0.15) is 32.1 Å². The summed E-state index contributed by atoms with van der Waals surface area (Å²) in [5, 5.41) is 3.28. The van der Waals surface area contributed by atoms with Gasteiger partial charge >= 0.3 is 0 Å². The molecule has 0 aromatic heterocycles. The zero-order valence-electron chi connectivity index (χ0n) is 9.50. The zero-order chi connectivity index (χ0) is 10.9. The Bertz CT molecular complexity index is 198. The van der Waals surface area contributed by atoms with Crippen LogP contribution in [-0.2, 0) is 4.79 Å². The van der Waals surface area contributed by atoms with Crippen molar-refractivity contribution in [2.45, 2.75) is 32.1 Å². The van der Waals surface area contributed by atoms with E-state index in [0.717, 1.165) is 39.0 Å². The third kappa shape index (κ3) is 4.98. The van der Waals surface area contributed by atoms with Crippen LogP contribution in [0.15, 0.2) is 12.7 Å². The van der Waals surface area contributed by atoms with Crippen LogP contribution in [0.5, 0.6) is 0 Å². The van der Waals surface area contributed by atoms with Gasteiger partial charge in [0.05, 0.1) is 0 Å². The van der Waals surface area contributed by atoms with Crippen LogP contribution in [0, 0.1) is 0 Å². The van der Waals surface area contributed by atoms with Gasteiger partial charge in [-0.05, 0) is 32.2 Å². The second kappa shape index (κ2) is 7.46. The molecule has 0 aliphatic carbocycles. The highest BCUT2D eigenvalue weighted by Gasteiger charge is 2.16. The van der Waals surface area contributed by atoms with E-state index in [1.165, 1.54) is 12.8 Å². The molecule has 0 spiro atoms. The predicted octanol–water partition coefficient (Wildman–Crippen LogP) is 1.55. The lowest BCUT2D eigenvalue weighted by atomic mass is 10.3. The molecule has 1 heterocycles. The summed E-state index contributed by atoms with van der Waals surface area (Å²) in [6.45, 7) is 7.40. The summed E-state index contributed by atoms with van der Waals surface area (Å²) in [5.41, 5.74) is 0. The summed E-state index contributed by atoms with van der Waals surface area (Å²) in [7, 11) is 0. The predicted molar refractivity (Wildman–Crippen MR) is 62.7 cm³/mol. The average Bonchev–Trinajstić information content (AvgIpc) is 2.76. The molecule has 0 atom stereocenters. The summed E-state index contributed by atoms with van der Waals surface area (Å²) >= 11 is 0. The van der Waals surface area contributed by atoms with Gasteiger partial charge < -0.3 is 10.2 Å². The number of likely N-dealkylation sites (tertiary alicyclic amines) is 1. The van der Waals surface area contributed by atoms with E-state index in [2.05, 4.69) is 11.9 Å². The Balaban J connectivity index is 1.94. The van der Waals surface area contributed by atoms with Crippen LogP contribution in [0.25, 0.3) is 0 Å². The topological polar surface area (TPSA) is 32.3 Å². The largest absolute Gasteiger partial charge is 0.343 e. The maximum Gasteiger partial charge on any atom is 0.223 e. The summed E-state index contributed by atoms with van der Waals surface area (Å²) in [4.78, 5) is 13.6. The highest BCUT2D eigenvalue weighted by molar-refractivity contribution is 5.76. The smallest absolute Gasteiger partial charge is 0.223 e. The number of unbranched alkanes of at least 4 members (excludes halogenated alkanes) is 1. The Morgan fingerprint density at radius 2 is 2.07 bits per heavy atom. The number of carbonyl (C=O) groups is 1. The molecule has 0 bridgehead atoms. The summed E-state index contributed by atoms with van der Waals surface area (Å²) < 4.78 is 0. The van der Waals surface area contributed by atoms with Crippen molar-refractivity contribution in [3.8, 4) is 0 Å². The van der Waals surface area contributed by atoms with E-state index in [-0.39, 0.29) is 0 Å². The number of carbonyl (C=O) groups excluding carboxylic acids is 1. The van der Waals surface area contributed by atoms with Gasteiger partial charge in [-0.15, -0.1) is 6.58 Å². The second-order valence-corrected chi connectivity index (χ2v) is 4.02. The lowest BCUT2D eigenvalue weighted by Crippen LogP contribution is -2.30. The molecule has 0 aromatic rings. The average molecular weight is 210 g/mol. The lowest BCUT2D eigenvalue weighted by Gasteiger charge is -2.15. The van der Waals surface area contributed by atoms with Crippen LogP contribution >= 0.6 is 0 Å². The molecule has 1 amide bonds. The fourth-order valence-electron chi connectivity index (χ4n) is 1.82. The first-order valence-electron chi connectivity index (χ1n) is 5.94. The van der Waals surface area contributed by atoms with Crippen LogP contribution < -0.4 is 5.32 Å². The fraction of sp³-hybridized carbons (Fsp3) is 0.750. The minimum atomic E-state index is 0.309. The van der Waals surface area contributed by atoms with E-state index >= 15 is 0 Å². The van der Waals surface area contributed by atoms with E-state index in [4.69, 9.17) is 0 Å². The van der Waals surface area contributed by atoms with Gasteiger partial charge in [-0.25, -0.2) is 0 Å². The quantitative estimate of drug-likeness (QED) is 0.511. The molecule has 1 N–H and O–H groups in total. The van der Waals surface area contributed by atoms with Crippen molar-refractivity contribution in [3.63, 3.8) is 0 Å². The van der Waals surface area contributed by atoms with Crippen molar-refractivity contribution in [3.05, 3.63) is 12.7 Å². The van der Waals surface area contributed by atoms with Crippen LogP contribution in [0.2, 0.25) is 0 Å². The molecular formula is C12H22N2O. The van der Waals surface area contributed by atoms with Crippen LogP contribution in [0.4, 0.5) is 0 Å². The SMILES string of the molecule is C=CCCCNCCC(=O)N1CCCC1. The van der Waals surface area contributed by atoms with Crippen molar-refractivity contribution in [1.29, 1.82) is 0 Å². The molecule has 1 aliphatic rings. The Kier molecular flexibility index (Phi) is 6.09. The highest BCUT2D eigenvalue weighted by Crippen LogP contribution is 2.08. The third-order valence-electron chi connectivity index (χ3n) is 2.74.